The highest BCUT2D eigenvalue weighted by atomic mass is 16.5. The Bertz CT molecular complexity index is 875. The molecule has 2 aromatic carbocycles. The molecule has 0 radical (unpaired) electrons. The van der Waals surface area contributed by atoms with Crippen molar-refractivity contribution in [1.82, 2.24) is 10.2 Å². The Balaban J connectivity index is 1.81. The summed E-state index contributed by atoms with van der Waals surface area (Å²) in [6, 6.07) is 14.3. The Hall–Kier alpha value is -3.28. The monoisotopic (exact) mass is 366 g/mol. The molecule has 0 aromatic heterocycles. The summed E-state index contributed by atoms with van der Waals surface area (Å²) in [6.07, 6.45) is 1.65. The van der Waals surface area contributed by atoms with Gasteiger partial charge in [0.15, 0.2) is 11.5 Å². The quantitative estimate of drug-likeness (QED) is 0.627. The zero-order valence-corrected chi connectivity index (χ0v) is 15.6. The minimum atomic E-state index is -0.429. The highest BCUT2D eigenvalue weighted by Crippen LogP contribution is 2.30. The second-order valence-corrected chi connectivity index (χ2v) is 6.44. The average molecular weight is 366 g/mol. The number of rotatable bonds is 6. The summed E-state index contributed by atoms with van der Waals surface area (Å²) >= 11 is 0. The molecule has 140 valence electrons. The summed E-state index contributed by atoms with van der Waals surface area (Å²) in [5.41, 5.74) is 1.85. The fourth-order valence-electron chi connectivity index (χ4n) is 2.77. The molecule has 0 atom stereocenters. The smallest absolute Gasteiger partial charge is 0.329 e. The third-order valence-corrected chi connectivity index (χ3v) is 4.01. The molecule has 1 heterocycles. The lowest BCUT2D eigenvalue weighted by molar-refractivity contribution is -0.123. The number of imide groups is 1. The number of benzene rings is 2. The van der Waals surface area contributed by atoms with E-state index in [4.69, 9.17) is 9.47 Å². The summed E-state index contributed by atoms with van der Waals surface area (Å²) in [4.78, 5) is 26.0. The van der Waals surface area contributed by atoms with Crippen LogP contribution in [0.1, 0.15) is 25.0 Å². The summed E-state index contributed by atoms with van der Waals surface area (Å²) < 4.78 is 11.1. The van der Waals surface area contributed by atoms with Gasteiger partial charge in [-0.2, -0.15) is 0 Å². The van der Waals surface area contributed by atoms with Crippen molar-refractivity contribution >= 4 is 18.0 Å². The van der Waals surface area contributed by atoms with E-state index < -0.39 is 6.03 Å². The SMILES string of the molecule is COc1cc(/C=C2\NC(=O)N(Cc3ccccc3)C2=O)ccc1OC(C)C. The van der Waals surface area contributed by atoms with E-state index in [1.165, 1.54) is 4.90 Å². The van der Waals surface area contributed by atoms with E-state index in [1.54, 1.807) is 25.3 Å². The topological polar surface area (TPSA) is 67.9 Å². The maximum atomic E-state index is 12.6. The predicted octanol–water partition coefficient (Wildman–Crippen LogP) is 3.58. The molecular formula is C21H22N2O4. The van der Waals surface area contributed by atoms with Crippen molar-refractivity contribution in [2.24, 2.45) is 0 Å². The van der Waals surface area contributed by atoms with Gasteiger partial charge in [0.25, 0.3) is 5.91 Å². The van der Waals surface area contributed by atoms with Gasteiger partial charge in [0, 0.05) is 0 Å². The molecular weight excluding hydrogens is 344 g/mol. The van der Waals surface area contributed by atoms with Gasteiger partial charge in [0.2, 0.25) is 0 Å². The van der Waals surface area contributed by atoms with E-state index in [2.05, 4.69) is 5.32 Å². The van der Waals surface area contributed by atoms with E-state index in [0.717, 1.165) is 11.1 Å². The second-order valence-electron chi connectivity index (χ2n) is 6.44. The Labute approximate surface area is 158 Å². The number of nitrogens with one attached hydrogen (secondary N) is 1. The van der Waals surface area contributed by atoms with Crippen LogP contribution in [0, 0.1) is 0 Å². The largest absolute Gasteiger partial charge is 0.493 e. The molecule has 6 heteroatoms. The van der Waals surface area contributed by atoms with Gasteiger partial charge in [-0.3, -0.25) is 9.69 Å². The number of amides is 3. The molecule has 0 aliphatic carbocycles. The van der Waals surface area contributed by atoms with Gasteiger partial charge >= 0.3 is 6.03 Å². The molecule has 0 saturated carbocycles. The van der Waals surface area contributed by atoms with Crippen LogP contribution >= 0.6 is 0 Å². The highest BCUT2D eigenvalue weighted by molar-refractivity contribution is 6.13. The minimum absolute atomic E-state index is 0.0188. The molecule has 3 amide bonds. The average Bonchev–Trinajstić information content (AvgIpc) is 2.91. The highest BCUT2D eigenvalue weighted by Gasteiger charge is 2.33. The van der Waals surface area contributed by atoms with Crippen molar-refractivity contribution in [3.63, 3.8) is 0 Å². The van der Waals surface area contributed by atoms with Crippen LogP contribution in [0.15, 0.2) is 54.2 Å². The van der Waals surface area contributed by atoms with Gasteiger partial charge in [0.1, 0.15) is 5.70 Å². The molecule has 0 unspecified atom stereocenters. The molecule has 27 heavy (non-hydrogen) atoms. The Kier molecular flexibility index (Phi) is 5.45. The maximum Gasteiger partial charge on any atom is 0.329 e. The van der Waals surface area contributed by atoms with E-state index in [1.807, 2.05) is 50.2 Å². The Morgan fingerprint density at radius 1 is 1.07 bits per heavy atom. The number of carbonyl (C=O) groups is 2. The van der Waals surface area contributed by atoms with Crippen LogP contribution in [0.3, 0.4) is 0 Å². The molecule has 0 spiro atoms. The number of ether oxygens (including phenoxy) is 2. The van der Waals surface area contributed by atoms with Crippen molar-refractivity contribution in [2.45, 2.75) is 26.5 Å². The first kappa shape index (κ1) is 18.5. The van der Waals surface area contributed by atoms with Crippen LogP contribution in [0.4, 0.5) is 4.79 Å². The molecule has 1 N–H and O–H groups in total. The maximum absolute atomic E-state index is 12.6. The van der Waals surface area contributed by atoms with Gasteiger partial charge in [-0.1, -0.05) is 36.4 Å². The van der Waals surface area contributed by atoms with Gasteiger partial charge in [0.05, 0.1) is 19.8 Å². The summed E-state index contributed by atoms with van der Waals surface area (Å²) in [7, 11) is 1.56. The van der Waals surface area contributed by atoms with E-state index >= 15 is 0 Å². The molecule has 6 nitrogen and oxygen atoms in total. The fraction of sp³-hybridized carbons (Fsp3) is 0.238. The van der Waals surface area contributed by atoms with Crippen LogP contribution in [0.5, 0.6) is 11.5 Å². The van der Waals surface area contributed by atoms with Crippen LogP contribution in [0.2, 0.25) is 0 Å². The van der Waals surface area contributed by atoms with E-state index in [0.29, 0.717) is 11.5 Å². The molecule has 2 aromatic rings. The van der Waals surface area contributed by atoms with Crippen LogP contribution in [-0.2, 0) is 11.3 Å². The van der Waals surface area contributed by atoms with Gasteiger partial charge in [-0.05, 0) is 43.2 Å². The van der Waals surface area contributed by atoms with Gasteiger partial charge < -0.3 is 14.8 Å². The zero-order chi connectivity index (χ0) is 19.4. The third-order valence-electron chi connectivity index (χ3n) is 4.01. The van der Waals surface area contributed by atoms with Crippen molar-refractivity contribution < 1.29 is 19.1 Å². The summed E-state index contributed by atoms with van der Waals surface area (Å²) in [6.45, 7) is 4.10. The lowest BCUT2D eigenvalue weighted by Gasteiger charge is -2.14. The molecule has 3 rings (SSSR count). The second kappa shape index (κ2) is 7.95. The molecule has 1 fully saturated rings. The molecule has 0 bridgehead atoms. The first-order chi connectivity index (χ1) is 13.0. The minimum Gasteiger partial charge on any atom is -0.493 e. The number of urea groups is 1. The number of carbonyl (C=O) groups excluding carboxylic acids is 2. The molecule has 1 aliphatic heterocycles. The summed E-state index contributed by atoms with van der Waals surface area (Å²) in [5.74, 6) is 0.837. The van der Waals surface area contributed by atoms with Crippen LogP contribution in [-0.4, -0.2) is 30.1 Å². The lowest BCUT2D eigenvalue weighted by atomic mass is 10.1. The lowest BCUT2D eigenvalue weighted by Crippen LogP contribution is -2.30. The van der Waals surface area contributed by atoms with Crippen molar-refractivity contribution in [1.29, 1.82) is 0 Å². The Morgan fingerprint density at radius 3 is 2.48 bits per heavy atom. The number of hydrogen-bond donors (Lipinski definition) is 1. The fourth-order valence-corrected chi connectivity index (χ4v) is 2.77. The van der Waals surface area contributed by atoms with Crippen molar-refractivity contribution in [2.75, 3.05) is 7.11 Å². The number of methoxy groups -OCH3 is 1. The first-order valence-corrected chi connectivity index (χ1v) is 8.71. The molecule has 1 saturated heterocycles. The number of nitrogens with zero attached hydrogens (tertiary/aromatic N) is 1. The first-order valence-electron chi connectivity index (χ1n) is 8.71. The summed E-state index contributed by atoms with van der Waals surface area (Å²) in [5, 5.41) is 2.63. The zero-order valence-electron chi connectivity index (χ0n) is 15.6. The predicted molar refractivity (Wildman–Crippen MR) is 102 cm³/mol. The van der Waals surface area contributed by atoms with Gasteiger partial charge in [-0.15, -0.1) is 0 Å². The van der Waals surface area contributed by atoms with E-state index in [-0.39, 0.29) is 24.3 Å². The van der Waals surface area contributed by atoms with Crippen molar-refractivity contribution in [3.05, 3.63) is 65.4 Å². The molecule has 1 aliphatic rings. The number of hydrogen-bond acceptors (Lipinski definition) is 4. The van der Waals surface area contributed by atoms with E-state index in [9.17, 15) is 9.59 Å². The third kappa shape index (κ3) is 4.28. The Morgan fingerprint density at radius 2 is 1.81 bits per heavy atom. The van der Waals surface area contributed by atoms with Crippen LogP contribution in [0.25, 0.3) is 6.08 Å². The van der Waals surface area contributed by atoms with Crippen LogP contribution < -0.4 is 14.8 Å². The normalized spacial score (nSPS) is 15.4. The van der Waals surface area contributed by atoms with Gasteiger partial charge in [-0.25, -0.2) is 4.79 Å². The van der Waals surface area contributed by atoms with Crippen molar-refractivity contribution in [3.8, 4) is 11.5 Å². The standard InChI is InChI=1S/C21H22N2O4/c1-14(2)27-18-10-9-16(12-19(18)26-3)11-17-20(24)23(21(25)22-17)13-15-7-5-4-6-8-15/h4-12,14H,13H2,1-3H3,(H,22,25)/b17-11-.